The van der Waals surface area contributed by atoms with Gasteiger partial charge in [0.05, 0.1) is 5.92 Å². The van der Waals surface area contributed by atoms with Crippen molar-refractivity contribution in [2.45, 2.75) is 0 Å². The van der Waals surface area contributed by atoms with Gasteiger partial charge in [0.25, 0.3) is 0 Å². The fourth-order valence-corrected chi connectivity index (χ4v) is 2.38. The second kappa shape index (κ2) is 7.19. The molecule has 1 aliphatic carbocycles. The van der Waals surface area contributed by atoms with Crippen LogP contribution in [0.1, 0.15) is 15.9 Å². The summed E-state index contributed by atoms with van der Waals surface area (Å²) >= 11 is 0. The van der Waals surface area contributed by atoms with E-state index in [4.69, 9.17) is 0 Å². The topological polar surface area (TPSA) is 34.1 Å². The van der Waals surface area contributed by atoms with E-state index < -0.39 is 0 Å². The summed E-state index contributed by atoms with van der Waals surface area (Å²) in [6.07, 6.45) is 11.5. The van der Waals surface area contributed by atoms with Crippen molar-refractivity contribution in [3.8, 4) is 11.1 Å². The summed E-state index contributed by atoms with van der Waals surface area (Å²) in [6.45, 7) is 0. The van der Waals surface area contributed by atoms with Crippen molar-refractivity contribution in [3.05, 3.63) is 97.3 Å². The fraction of sp³-hybridized carbons (Fsp3) is 0. The Balaban J connectivity index is 1.71. The van der Waals surface area contributed by atoms with Crippen LogP contribution in [0.5, 0.6) is 0 Å². The molecule has 5 radical (unpaired) electrons. The molecule has 0 aromatic heterocycles. The van der Waals surface area contributed by atoms with Crippen LogP contribution in [0.25, 0.3) is 17.2 Å². The standard InChI is InChI=1S/C21H15O2/c22-15-17-4-3-7-20(14-17)18-11-8-16(9-12-18)10-13-21(23)19-5-1-2-6-19/h1-15H/b13-10+. The zero-order valence-electron chi connectivity index (χ0n) is 12.5. The Morgan fingerprint density at radius 2 is 1.57 bits per heavy atom. The van der Waals surface area contributed by atoms with Crippen LogP contribution in [0.15, 0.2) is 54.6 Å². The van der Waals surface area contributed by atoms with Gasteiger partial charge in [-0.1, -0.05) is 48.5 Å². The summed E-state index contributed by atoms with van der Waals surface area (Å²) in [7, 11) is 0. The highest BCUT2D eigenvalue weighted by Gasteiger charge is 2.22. The van der Waals surface area contributed by atoms with Gasteiger partial charge in [-0.2, -0.15) is 0 Å². The molecule has 0 unspecified atom stereocenters. The van der Waals surface area contributed by atoms with Gasteiger partial charge in [-0.05, 0) is 54.5 Å². The van der Waals surface area contributed by atoms with E-state index in [0.29, 0.717) is 11.5 Å². The SMILES string of the molecule is O=Cc1cccc(-c2ccc(/C=C/C(=O)[C]3[CH][CH][CH][CH]3)cc2)c1. The first-order valence-electron chi connectivity index (χ1n) is 7.36. The molecule has 0 saturated heterocycles. The van der Waals surface area contributed by atoms with Crippen LogP contribution in [0.4, 0.5) is 0 Å². The zero-order valence-corrected chi connectivity index (χ0v) is 12.5. The van der Waals surface area contributed by atoms with E-state index in [0.717, 1.165) is 23.0 Å². The van der Waals surface area contributed by atoms with Crippen LogP contribution < -0.4 is 0 Å². The van der Waals surface area contributed by atoms with E-state index in [9.17, 15) is 9.59 Å². The Kier molecular flexibility index (Phi) is 4.82. The number of allylic oxidation sites excluding steroid dienone is 1. The van der Waals surface area contributed by atoms with Gasteiger partial charge < -0.3 is 0 Å². The molecule has 2 aromatic rings. The van der Waals surface area contributed by atoms with Crippen molar-refractivity contribution >= 4 is 18.1 Å². The zero-order chi connectivity index (χ0) is 16.1. The number of benzene rings is 2. The van der Waals surface area contributed by atoms with Crippen molar-refractivity contribution < 1.29 is 9.59 Å². The number of ketones is 1. The van der Waals surface area contributed by atoms with Crippen molar-refractivity contribution in [3.63, 3.8) is 0 Å². The van der Waals surface area contributed by atoms with Crippen molar-refractivity contribution in [2.75, 3.05) is 0 Å². The first-order chi connectivity index (χ1) is 11.3. The Morgan fingerprint density at radius 3 is 2.26 bits per heavy atom. The normalized spacial score (nSPS) is 15.1. The minimum atomic E-state index is -0.00207. The maximum Gasteiger partial charge on any atom is 0.163 e. The highest BCUT2D eigenvalue weighted by Crippen LogP contribution is 2.25. The van der Waals surface area contributed by atoms with E-state index in [2.05, 4.69) is 0 Å². The van der Waals surface area contributed by atoms with Crippen LogP contribution in [0.3, 0.4) is 0 Å². The van der Waals surface area contributed by atoms with Crippen molar-refractivity contribution in [2.24, 2.45) is 0 Å². The Morgan fingerprint density at radius 1 is 0.826 bits per heavy atom. The lowest BCUT2D eigenvalue weighted by atomic mass is 10.00. The third kappa shape index (κ3) is 3.84. The number of carbonyl (C=O) groups is 2. The molecule has 0 bridgehead atoms. The smallest absolute Gasteiger partial charge is 0.163 e. The predicted molar refractivity (Wildman–Crippen MR) is 91.7 cm³/mol. The summed E-state index contributed by atoms with van der Waals surface area (Å²) in [4.78, 5) is 22.8. The molecule has 2 nitrogen and oxygen atoms in total. The maximum absolute atomic E-state index is 11.9. The number of aldehydes is 1. The number of hydrogen-bond donors (Lipinski definition) is 0. The van der Waals surface area contributed by atoms with E-state index in [-0.39, 0.29) is 5.78 Å². The molecule has 1 saturated carbocycles. The summed E-state index contributed by atoms with van der Waals surface area (Å²) in [5.41, 5.74) is 3.65. The monoisotopic (exact) mass is 299 g/mol. The van der Waals surface area contributed by atoms with Crippen LogP contribution in [0, 0.1) is 31.6 Å². The van der Waals surface area contributed by atoms with Gasteiger partial charge in [0.15, 0.2) is 5.78 Å². The van der Waals surface area contributed by atoms with E-state index in [1.54, 1.807) is 31.1 Å². The molecule has 1 fully saturated rings. The molecular formula is C21H15O2. The molecular weight excluding hydrogens is 284 g/mol. The Hall–Kier alpha value is -2.48. The minimum absolute atomic E-state index is 0.00207. The van der Waals surface area contributed by atoms with Gasteiger partial charge in [-0.25, -0.2) is 0 Å². The summed E-state index contributed by atoms with van der Waals surface area (Å²) < 4.78 is 0. The Bertz CT molecular complexity index is 720. The van der Waals surface area contributed by atoms with Crippen LogP contribution in [-0.2, 0) is 4.79 Å². The van der Waals surface area contributed by atoms with E-state index in [1.807, 2.05) is 55.3 Å². The largest absolute Gasteiger partial charge is 0.298 e. The van der Waals surface area contributed by atoms with Gasteiger partial charge in [0.2, 0.25) is 0 Å². The maximum atomic E-state index is 11.9. The van der Waals surface area contributed by atoms with Crippen molar-refractivity contribution in [1.82, 2.24) is 0 Å². The number of carbonyl (C=O) groups excluding carboxylic acids is 2. The second-order valence-electron chi connectivity index (χ2n) is 5.24. The quantitative estimate of drug-likeness (QED) is 0.614. The molecule has 0 amide bonds. The fourth-order valence-electron chi connectivity index (χ4n) is 2.38. The summed E-state index contributed by atoms with van der Waals surface area (Å²) in [5.74, 6) is 0.696. The average Bonchev–Trinajstić information content (AvgIpc) is 3.15. The molecule has 0 aliphatic heterocycles. The van der Waals surface area contributed by atoms with Crippen LogP contribution in [0.2, 0.25) is 0 Å². The molecule has 0 spiro atoms. The molecule has 0 atom stereocenters. The van der Waals surface area contributed by atoms with Gasteiger partial charge in [0.1, 0.15) is 6.29 Å². The summed E-state index contributed by atoms with van der Waals surface area (Å²) in [6, 6.07) is 15.4. The minimum Gasteiger partial charge on any atom is -0.298 e. The first kappa shape index (κ1) is 15.4. The third-order valence-electron chi connectivity index (χ3n) is 3.64. The highest BCUT2D eigenvalue weighted by atomic mass is 16.1. The molecule has 23 heavy (non-hydrogen) atoms. The van der Waals surface area contributed by atoms with Crippen LogP contribution >= 0.6 is 0 Å². The third-order valence-corrected chi connectivity index (χ3v) is 3.64. The molecule has 2 heteroatoms. The number of hydrogen-bond acceptors (Lipinski definition) is 2. The first-order valence-corrected chi connectivity index (χ1v) is 7.36. The van der Waals surface area contributed by atoms with Gasteiger partial charge in [-0.15, -0.1) is 0 Å². The molecule has 1 aliphatic rings. The summed E-state index contributed by atoms with van der Waals surface area (Å²) in [5, 5.41) is 0. The van der Waals surface area contributed by atoms with Gasteiger partial charge in [-0.3, -0.25) is 9.59 Å². The second-order valence-corrected chi connectivity index (χ2v) is 5.24. The van der Waals surface area contributed by atoms with Gasteiger partial charge >= 0.3 is 0 Å². The molecule has 0 N–H and O–H groups in total. The Labute approximate surface area is 136 Å². The molecule has 2 aromatic carbocycles. The van der Waals surface area contributed by atoms with Crippen LogP contribution in [-0.4, -0.2) is 12.1 Å². The lowest BCUT2D eigenvalue weighted by molar-refractivity contribution is -0.112. The van der Waals surface area contributed by atoms with Gasteiger partial charge in [0, 0.05) is 5.56 Å². The number of rotatable bonds is 5. The molecule has 3 rings (SSSR count). The lowest BCUT2D eigenvalue weighted by Crippen LogP contribution is -2.05. The van der Waals surface area contributed by atoms with E-state index >= 15 is 0 Å². The highest BCUT2D eigenvalue weighted by molar-refractivity contribution is 6.07. The molecule has 0 heterocycles. The lowest BCUT2D eigenvalue weighted by Gasteiger charge is -2.04. The van der Waals surface area contributed by atoms with E-state index in [1.165, 1.54) is 0 Å². The molecule has 111 valence electrons. The van der Waals surface area contributed by atoms with Crippen molar-refractivity contribution in [1.29, 1.82) is 0 Å². The average molecular weight is 299 g/mol. The predicted octanol–water partition coefficient (Wildman–Crippen LogP) is 4.15.